The summed E-state index contributed by atoms with van der Waals surface area (Å²) >= 11 is 0. The Balaban J connectivity index is 1.11. The fourth-order valence-corrected chi connectivity index (χ4v) is 8.96. The lowest BCUT2D eigenvalue weighted by molar-refractivity contribution is 0.436. The number of hydrogen-bond donors (Lipinski definition) is 0. The summed E-state index contributed by atoms with van der Waals surface area (Å²) < 4.78 is 6.59. The van der Waals surface area contributed by atoms with E-state index in [0.717, 1.165) is 78.5 Å². The lowest BCUT2D eigenvalue weighted by Gasteiger charge is -2.39. The third-order valence-electron chi connectivity index (χ3n) is 11.6. The summed E-state index contributed by atoms with van der Waals surface area (Å²) in [4.78, 5) is 10.1. The van der Waals surface area contributed by atoms with E-state index in [-0.39, 0.29) is 0 Å². The fourth-order valence-electron chi connectivity index (χ4n) is 8.96. The van der Waals surface area contributed by atoms with E-state index in [0.29, 0.717) is 11.4 Å². The molecule has 270 valence electrons. The van der Waals surface area contributed by atoms with Gasteiger partial charge in [0.05, 0.1) is 28.4 Å². The highest BCUT2D eigenvalue weighted by molar-refractivity contribution is 5.93. The van der Waals surface area contributed by atoms with Gasteiger partial charge < -0.3 is 4.74 Å². The number of hydrogen-bond acceptors (Lipinski definition) is 4. The molecule has 0 atom stereocenters. The fraction of sp³-hybridized carbons (Fsp3) is 0.0185. The quantitative estimate of drug-likeness (QED) is 0.176. The molecule has 9 aromatic rings. The average Bonchev–Trinajstić information content (AvgIpc) is 3.58. The Morgan fingerprint density at radius 2 is 0.862 bits per heavy atom. The van der Waals surface area contributed by atoms with Crippen LogP contribution in [0.25, 0.3) is 67.3 Å². The van der Waals surface area contributed by atoms with Crippen LogP contribution >= 0.6 is 0 Å². The number of rotatable bonds is 5. The Morgan fingerprint density at radius 1 is 0.379 bits per heavy atom. The maximum Gasteiger partial charge on any atom is 0.160 e. The highest BCUT2D eigenvalue weighted by Gasteiger charge is 2.51. The third-order valence-corrected chi connectivity index (χ3v) is 11.6. The van der Waals surface area contributed by atoms with Gasteiger partial charge >= 0.3 is 0 Å². The Morgan fingerprint density at radius 3 is 1.48 bits per heavy atom. The molecule has 0 saturated carbocycles. The van der Waals surface area contributed by atoms with Crippen LogP contribution < -0.4 is 4.74 Å². The van der Waals surface area contributed by atoms with Gasteiger partial charge in [-0.15, -0.1) is 0 Å². The Bertz CT molecular complexity index is 3010. The van der Waals surface area contributed by atoms with Crippen LogP contribution in [-0.2, 0) is 5.41 Å². The molecule has 1 spiro atoms. The van der Waals surface area contributed by atoms with E-state index in [1.165, 1.54) is 16.7 Å². The molecule has 0 unspecified atom stereocenters. The van der Waals surface area contributed by atoms with E-state index in [4.69, 9.17) is 14.7 Å². The molecule has 11 rings (SSSR count). The molecule has 1 aliphatic heterocycles. The molecular formula is C54H33N3O. The summed E-state index contributed by atoms with van der Waals surface area (Å²) in [5, 5.41) is 9.74. The minimum atomic E-state index is -0.591. The number of nitriles is 1. The van der Waals surface area contributed by atoms with Crippen LogP contribution in [0, 0.1) is 11.3 Å². The van der Waals surface area contributed by atoms with Gasteiger partial charge in [-0.1, -0.05) is 152 Å². The average molecular weight is 740 g/mol. The van der Waals surface area contributed by atoms with Crippen LogP contribution in [0.5, 0.6) is 11.5 Å². The minimum Gasteiger partial charge on any atom is -0.457 e. The molecule has 1 aliphatic carbocycles. The first-order valence-electron chi connectivity index (χ1n) is 19.4. The van der Waals surface area contributed by atoms with Crippen molar-refractivity contribution in [1.29, 1.82) is 5.26 Å². The summed E-state index contributed by atoms with van der Waals surface area (Å²) in [5.41, 5.74) is 16.1. The molecule has 0 bridgehead atoms. The molecule has 0 fully saturated rings. The van der Waals surface area contributed by atoms with Gasteiger partial charge in [-0.05, 0) is 93.0 Å². The molecule has 2 aliphatic rings. The van der Waals surface area contributed by atoms with Crippen LogP contribution in [0.3, 0.4) is 0 Å². The van der Waals surface area contributed by atoms with E-state index in [2.05, 4.69) is 140 Å². The zero-order valence-electron chi connectivity index (χ0n) is 31.3. The summed E-state index contributed by atoms with van der Waals surface area (Å²) in [7, 11) is 0. The molecule has 0 radical (unpaired) electrons. The number of fused-ring (bicyclic) bond motifs is 9. The number of benzene rings is 8. The summed E-state index contributed by atoms with van der Waals surface area (Å²) in [6.45, 7) is 0. The van der Waals surface area contributed by atoms with E-state index in [1.807, 2.05) is 66.7 Å². The van der Waals surface area contributed by atoms with E-state index in [1.54, 1.807) is 0 Å². The summed E-state index contributed by atoms with van der Waals surface area (Å²) in [5.74, 6) is 2.41. The van der Waals surface area contributed by atoms with Crippen molar-refractivity contribution >= 4 is 0 Å². The summed E-state index contributed by atoms with van der Waals surface area (Å²) in [6.07, 6.45) is 0. The van der Waals surface area contributed by atoms with E-state index >= 15 is 0 Å². The first kappa shape index (κ1) is 33.5. The first-order valence-corrected chi connectivity index (χ1v) is 19.4. The highest BCUT2D eigenvalue weighted by Crippen LogP contribution is 2.62. The lowest BCUT2D eigenvalue weighted by Crippen LogP contribution is -2.32. The van der Waals surface area contributed by atoms with Crippen molar-refractivity contribution < 1.29 is 4.74 Å². The van der Waals surface area contributed by atoms with Crippen molar-refractivity contribution in [1.82, 2.24) is 9.97 Å². The van der Waals surface area contributed by atoms with Gasteiger partial charge in [0.15, 0.2) is 5.82 Å². The molecule has 0 N–H and O–H groups in total. The molecule has 4 heteroatoms. The zero-order valence-corrected chi connectivity index (χ0v) is 31.3. The zero-order chi connectivity index (χ0) is 38.6. The van der Waals surface area contributed by atoms with Gasteiger partial charge in [0.2, 0.25) is 0 Å². The monoisotopic (exact) mass is 739 g/mol. The predicted molar refractivity (Wildman–Crippen MR) is 231 cm³/mol. The normalized spacial score (nSPS) is 12.7. The largest absolute Gasteiger partial charge is 0.457 e. The van der Waals surface area contributed by atoms with Crippen LogP contribution in [-0.4, -0.2) is 9.97 Å². The van der Waals surface area contributed by atoms with Crippen LogP contribution in [0.4, 0.5) is 0 Å². The second kappa shape index (κ2) is 13.4. The van der Waals surface area contributed by atoms with Gasteiger partial charge in [-0.3, -0.25) is 0 Å². The molecule has 0 amide bonds. The predicted octanol–water partition coefficient (Wildman–Crippen LogP) is 13.2. The van der Waals surface area contributed by atoms with Crippen molar-refractivity contribution in [2.45, 2.75) is 5.41 Å². The van der Waals surface area contributed by atoms with Gasteiger partial charge in [0, 0.05) is 27.8 Å². The van der Waals surface area contributed by atoms with Gasteiger partial charge in [0.1, 0.15) is 11.5 Å². The van der Waals surface area contributed by atoms with Crippen molar-refractivity contribution in [3.8, 4) is 84.9 Å². The van der Waals surface area contributed by atoms with Gasteiger partial charge in [-0.25, -0.2) is 9.97 Å². The number of nitrogens with zero attached hydrogens (tertiary/aromatic N) is 3. The van der Waals surface area contributed by atoms with Crippen molar-refractivity contribution in [3.63, 3.8) is 0 Å². The van der Waals surface area contributed by atoms with Crippen molar-refractivity contribution in [3.05, 3.63) is 228 Å². The smallest absolute Gasteiger partial charge is 0.160 e. The molecule has 0 saturated heterocycles. The maximum atomic E-state index is 9.74. The highest BCUT2D eigenvalue weighted by atomic mass is 16.5. The van der Waals surface area contributed by atoms with Gasteiger partial charge in [0.25, 0.3) is 0 Å². The lowest BCUT2D eigenvalue weighted by atomic mass is 9.66. The maximum absolute atomic E-state index is 9.74. The first-order chi connectivity index (χ1) is 28.7. The Kier molecular flexibility index (Phi) is 7.74. The van der Waals surface area contributed by atoms with Crippen LogP contribution in [0.2, 0.25) is 0 Å². The standard InChI is InChI=1S/C54H33N3O/c55-34-35-13-11-18-38(29-35)40-25-27-45-43(31-40)44-32-41(26-28-46(44)54(45)47-21-7-9-23-51(47)58-52-24-10-8-22-48(52)54)39-19-12-20-42(30-39)50-33-49(36-14-3-1-4-15-36)56-53(57-50)37-16-5-2-6-17-37/h1-33H. The van der Waals surface area contributed by atoms with Crippen molar-refractivity contribution in [2.75, 3.05) is 0 Å². The molecule has 58 heavy (non-hydrogen) atoms. The number of aromatic nitrogens is 2. The van der Waals surface area contributed by atoms with Gasteiger partial charge in [-0.2, -0.15) is 5.26 Å². The van der Waals surface area contributed by atoms with Crippen LogP contribution in [0.1, 0.15) is 27.8 Å². The molecular weight excluding hydrogens is 707 g/mol. The minimum absolute atomic E-state index is 0.591. The second-order valence-electron chi connectivity index (χ2n) is 14.8. The number of para-hydroxylation sites is 2. The van der Waals surface area contributed by atoms with Crippen molar-refractivity contribution in [2.24, 2.45) is 0 Å². The van der Waals surface area contributed by atoms with E-state index < -0.39 is 5.41 Å². The van der Waals surface area contributed by atoms with Crippen LogP contribution in [0.15, 0.2) is 200 Å². The Labute approximate surface area is 337 Å². The molecule has 2 heterocycles. The SMILES string of the molecule is N#Cc1cccc(-c2ccc3c(c2)-c2cc(-c4cccc(-c5cc(-c6ccccc6)nc(-c6ccccc6)n5)c4)ccc2C32c3ccccc3Oc3ccccc32)c1. The second-order valence-corrected chi connectivity index (χ2v) is 14.8. The third kappa shape index (κ3) is 5.29. The Hall–Kier alpha value is -7.87. The summed E-state index contributed by atoms with van der Waals surface area (Å²) in [6, 6.07) is 72.0. The van der Waals surface area contributed by atoms with E-state index in [9.17, 15) is 5.26 Å². The molecule has 4 nitrogen and oxygen atoms in total. The topological polar surface area (TPSA) is 58.8 Å². The number of ether oxygens (including phenoxy) is 1. The molecule has 1 aromatic heterocycles. The molecule has 8 aromatic carbocycles.